The van der Waals surface area contributed by atoms with Gasteiger partial charge in [0.1, 0.15) is 0 Å². The van der Waals surface area contributed by atoms with Crippen LogP contribution >= 0.6 is 22.7 Å². The number of allylic oxidation sites excluding steroid dienone is 1. The van der Waals surface area contributed by atoms with Crippen molar-refractivity contribution in [3.05, 3.63) is 50.5 Å². The molecule has 3 nitrogen and oxygen atoms in total. The van der Waals surface area contributed by atoms with Crippen LogP contribution in [0.3, 0.4) is 0 Å². The van der Waals surface area contributed by atoms with Gasteiger partial charge in [-0.1, -0.05) is 0 Å². The first-order valence-corrected chi connectivity index (χ1v) is 6.30. The fraction of sp³-hybridized carbons (Fsp3) is 0. The van der Waals surface area contributed by atoms with Gasteiger partial charge in [-0.15, -0.1) is 0 Å². The van der Waals surface area contributed by atoms with E-state index in [9.17, 15) is 15.0 Å². The van der Waals surface area contributed by atoms with Crippen LogP contribution in [-0.4, -0.2) is 16.0 Å². The Bertz CT molecular complexity index is 509. The van der Waals surface area contributed by atoms with Gasteiger partial charge in [0.05, 0.1) is 0 Å². The Labute approximate surface area is 99.9 Å². The van der Waals surface area contributed by atoms with Crippen molar-refractivity contribution in [2.45, 2.75) is 0 Å². The molecule has 0 radical (unpaired) electrons. The molecule has 0 amide bonds. The van der Waals surface area contributed by atoms with Crippen molar-refractivity contribution in [3.63, 3.8) is 0 Å². The van der Waals surface area contributed by atoms with Gasteiger partial charge >= 0.3 is 0 Å². The molecule has 0 bridgehead atoms. The summed E-state index contributed by atoms with van der Waals surface area (Å²) in [6.45, 7) is 0. The lowest BCUT2D eigenvalue weighted by Gasteiger charge is -2.01. The van der Waals surface area contributed by atoms with Gasteiger partial charge in [0.25, 0.3) is 0 Å². The first kappa shape index (κ1) is 10.9. The SMILES string of the molecule is O=C(C(O)=C(O)c1ccsc1)c1ccsc1. The highest BCUT2D eigenvalue weighted by molar-refractivity contribution is 7.08. The lowest BCUT2D eigenvalue weighted by atomic mass is 10.1. The fourth-order valence-electron chi connectivity index (χ4n) is 1.17. The van der Waals surface area contributed by atoms with E-state index in [4.69, 9.17) is 0 Å². The largest absolute Gasteiger partial charge is 0.504 e. The minimum Gasteiger partial charge on any atom is -0.504 e. The minimum absolute atomic E-state index is 0.377. The number of hydrogen-bond acceptors (Lipinski definition) is 5. The zero-order chi connectivity index (χ0) is 11.5. The molecule has 2 aromatic heterocycles. The zero-order valence-corrected chi connectivity index (χ0v) is 9.72. The molecular formula is C11H8O3S2. The molecule has 0 aliphatic carbocycles. The second-order valence-electron chi connectivity index (χ2n) is 3.05. The summed E-state index contributed by atoms with van der Waals surface area (Å²) in [7, 11) is 0. The summed E-state index contributed by atoms with van der Waals surface area (Å²) in [6.07, 6.45) is 0. The predicted octanol–water partition coefficient (Wildman–Crippen LogP) is 3.48. The molecule has 0 saturated carbocycles. The van der Waals surface area contributed by atoms with Crippen molar-refractivity contribution in [1.82, 2.24) is 0 Å². The van der Waals surface area contributed by atoms with Crippen molar-refractivity contribution in [2.75, 3.05) is 0 Å². The summed E-state index contributed by atoms with van der Waals surface area (Å²) >= 11 is 2.74. The van der Waals surface area contributed by atoms with Crippen LogP contribution < -0.4 is 0 Å². The molecule has 0 spiro atoms. The molecule has 2 rings (SSSR count). The zero-order valence-electron chi connectivity index (χ0n) is 8.08. The van der Waals surface area contributed by atoms with E-state index < -0.39 is 11.5 Å². The van der Waals surface area contributed by atoms with Crippen LogP contribution in [0.2, 0.25) is 0 Å². The van der Waals surface area contributed by atoms with Crippen LogP contribution in [0.25, 0.3) is 5.76 Å². The molecule has 82 valence electrons. The maximum Gasteiger partial charge on any atom is 0.232 e. The van der Waals surface area contributed by atoms with E-state index >= 15 is 0 Å². The standard InChI is InChI=1S/C11H8O3S2/c12-9(7-1-3-15-5-7)11(14)10(13)8-2-4-16-6-8/h1-6,12,14H. The molecule has 0 aliphatic heterocycles. The normalized spacial score (nSPS) is 12.2. The van der Waals surface area contributed by atoms with Gasteiger partial charge in [0.2, 0.25) is 11.5 Å². The van der Waals surface area contributed by atoms with E-state index in [1.54, 1.807) is 33.7 Å². The van der Waals surface area contributed by atoms with E-state index in [1.165, 1.54) is 22.7 Å². The van der Waals surface area contributed by atoms with Crippen molar-refractivity contribution >= 4 is 34.2 Å². The van der Waals surface area contributed by atoms with Crippen molar-refractivity contribution in [3.8, 4) is 0 Å². The Balaban J connectivity index is 2.35. The van der Waals surface area contributed by atoms with Crippen LogP contribution in [-0.2, 0) is 0 Å². The van der Waals surface area contributed by atoms with E-state index in [0.717, 1.165) is 0 Å². The van der Waals surface area contributed by atoms with Gasteiger partial charge in [-0.05, 0) is 22.9 Å². The van der Waals surface area contributed by atoms with E-state index in [1.807, 2.05) is 0 Å². The van der Waals surface area contributed by atoms with Crippen LogP contribution in [0.5, 0.6) is 0 Å². The molecule has 0 atom stereocenters. The molecule has 0 fully saturated rings. The Hall–Kier alpha value is -1.59. The lowest BCUT2D eigenvalue weighted by molar-refractivity contribution is 0.0975. The van der Waals surface area contributed by atoms with Gasteiger partial charge in [-0.25, -0.2) is 0 Å². The molecule has 0 aliphatic rings. The number of Topliss-reactive ketones (excluding diaryl/α,β-unsaturated/α-hetero) is 1. The van der Waals surface area contributed by atoms with Gasteiger partial charge in [-0.3, -0.25) is 4.79 Å². The van der Waals surface area contributed by atoms with Gasteiger partial charge < -0.3 is 10.2 Å². The van der Waals surface area contributed by atoms with E-state index in [-0.39, 0.29) is 5.76 Å². The van der Waals surface area contributed by atoms with E-state index in [0.29, 0.717) is 11.1 Å². The molecule has 16 heavy (non-hydrogen) atoms. The summed E-state index contributed by atoms with van der Waals surface area (Å²) in [5, 5.41) is 26.1. The second kappa shape index (κ2) is 4.51. The Kier molecular flexibility index (Phi) is 3.07. The Morgan fingerprint density at radius 2 is 1.56 bits per heavy atom. The first-order valence-electron chi connectivity index (χ1n) is 4.42. The maximum atomic E-state index is 11.7. The predicted molar refractivity (Wildman–Crippen MR) is 65.1 cm³/mol. The van der Waals surface area contributed by atoms with Gasteiger partial charge in [0, 0.05) is 21.9 Å². The third-order valence-corrected chi connectivity index (χ3v) is 3.38. The van der Waals surface area contributed by atoms with E-state index in [2.05, 4.69) is 0 Å². The smallest absolute Gasteiger partial charge is 0.232 e. The molecule has 2 N–H and O–H groups in total. The third-order valence-electron chi connectivity index (χ3n) is 2.02. The number of aliphatic hydroxyl groups excluding tert-OH is 2. The summed E-state index contributed by atoms with van der Waals surface area (Å²) in [5.41, 5.74) is 0.829. The highest BCUT2D eigenvalue weighted by Gasteiger charge is 2.17. The average Bonchev–Trinajstić information content (AvgIpc) is 2.97. The number of rotatable bonds is 3. The molecule has 2 heterocycles. The van der Waals surface area contributed by atoms with Crippen LogP contribution in [0.4, 0.5) is 0 Å². The minimum atomic E-state index is -0.614. The number of carbonyl (C=O) groups is 1. The number of aliphatic hydroxyl groups is 2. The molecule has 0 unspecified atom stereocenters. The summed E-state index contributed by atoms with van der Waals surface area (Å²) in [5.74, 6) is -1.56. The average molecular weight is 252 g/mol. The molecular weight excluding hydrogens is 244 g/mol. The highest BCUT2D eigenvalue weighted by Crippen LogP contribution is 2.20. The van der Waals surface area contributed by atoms with Gasteiger partial charge in [-0.2, -0.15) is 22.7 Å². The fourth-order valence-corrected chi connectivity index (χ4v) is 2.45. The Morgan fingerprint density at radius 1 is 1.00 bits per heavy atom. The number of hydrogen-bond donors (Lipinski definition) is 2. The summed E-state index contributed by atoms with van der Waals surface area (Å²) in [4.78, 5) is 11.7. The summed E-state index contributed by atoms with van der Waals surface area (Å²) in [6, 6.07) is 3.24. The maximum absolute atomic E-state index is 11.7. The van der Waals surface area contributed by atoms with Crippen molar-refractivity contribution in [1.29, 1.82) is 0 Å². The number of carbonyl (C=O) groups excluding carboxylic acids is 1. The molecule has 0 aromatic carbocycles. The molecule has 5 heteroatoms. The quantitative estimate of drug-likeness (QED) is 0.499. The van der Waals surface area contributed by atoms with Gasteiger partial charge in [0.15, 0.2) is 5.76 Å². The van der Waals surface area contributed by atoms with Crippen LogP contribution in [0.15, 0.2) is 39.4 Å². The third kappa shape index (κ3) is 2.00. The summed E-state index contributed by atoms with van der Waals surface area (Å²) < 4.78 is 0. The first-order chi connectivity index (χ1) is 7.70. The highest BCUT2D eigenvalue weighted by atomic mass is 32.1. The number of ketones is 1. The lowest BCUT2D eigenvalue weighted by Crippen LogP contribution is -2.04. The van der Waals surface area contributed by atoms with Crippen molar-refractivity contribution < 1.29 is 15.0 Å². The molecule has 2 aromatic rings. The van der Waals surface area contributed by atoms with Crippen molar-refractivity contribution in [2.24, 2.45) is 0 Å². The molecule has 0 saturated heterocycles. The second-order valence-corrected chi connectivity index (χ2v) is 4.61. The topological polar surface area (TPSA) is 57.5 Å². The van der Waals surface area contributed by atoms with Crippen LogP contribution in [0.1, 0.15) is 15.9 Å². The number of thiophene rings is 2. The van der Waals surface area contributed by atoms with Crippen LogP contribution in [0, 0.1) is 0 Å². The monoisotopic (exact) mass is 252 g/mol. The Morgan fingerprint density at radius 3 is 2.06 bits per heavy atom.